The lowest BCUT2D eigenvalue weighted by atomic mass is 10.1. The average molecular weight is 429 g/mol. The number of fused-ring (bicyclic) bond motifs is 1. The number of amides is 1. The fraction of sp³-hybridized carbons (Fsp3) is 0.100. The van der Waals surface area contributed by atoms with E-state index in [2.05, 4.69) is 26.6 Å². The lowest BCUT2D eigenvalue weighted by Gasteiger charge is -2.14. The molecular weight excluding hydrogens is 412 g/mol. The molecule has 132 valence electrons. The molecule has 0 saturated carbocycles. The molecule has 0 unspecified atom stereocenters. The van der Waals surface area contributed by atoms with E-state index in [1.54, 1.807) is 12.1 Å². The Balaban J connectivity index is 1.78. The molecule has 4 nitrogen and oxygen atoms in total. The highest BCUT2D eigenvalue weighted by Gasteiger charge is 2.15. The van der Waals surface area contributed by atoms with E-state index in [-0.39, 0.29) is 11.0 Å². The highest BCUT2D eigenvalue weighted by Crippen LogP contribution is 2.24. The van der Waals surface area contributed by atoms with Crippen LogP contribution >= 0.6 is 28.1 Å². The summed E-state index contributed by atoms with van der Waals surface area (Å²) in [6, 6.07) is 19.2. The van der Waals surface area contributed by atoms with Gasteiger partial charge in [-0.3, -0.25) is 10.1 Å². The molecule has 3 aromatic carbocycles. The van der Waals surface area contributed by atoms with Gasteiger partial charge in [0.05, 0.1) is 12.2 Å². The third-order valence-electron chi connectivity index (χ3n) is 3.75. The van der Waals surface area contributed by atoms with Gasteiger partial charge in [0.2, 0.25) is 0 Å². The van der Waals surface area contributed by atoms with Crippen LogP contribution in [0.5, 0.6) is 5.75 Å². The summed E-state index contributed by atoms with van der Waals surface area (Å²) in [5.74, 6) is 0.189. The zero-order valence-electron chi connectivity index (χ0n) is 14.1. The number of carbonyl (C=O) groups excluding carboxylic acids is 1. The summed E-state index contributed by atoms with van der Waals surface area (Å²) in [6.45, 7) is 2.34. The number of rotatable bonds is 4. The first kappa shape index (κ1) is 18.4. The van der Waals surface area contributed by atoms with Gasteiger partial charge >= 0.3 is 0 Å². The Morgan fingerprint density at radius 3 is 2.69 bits per heavy atom. The van der Waals surface area contributed by atoms with Crippen molar-refractivity contribution in [3.05, 3.63) is 70.7 Å². The largest absolute Gasteiger partial charge is 0.493 e. The van der Waals surface area contributed by atoms with E-state index < -0.39 is 0 Å². The lowest BCUT2D eigenvalue weighted by molar-refractivity contribution is 0.0974. The SMILES string of the molecule is CCOc1ccc(Br)cc1C(=O)NC(=S)Nc1cccc2ccccc12. The molecule has 0 saturated heterocycles. The number of carbonyl (C=O) groups is 1. The Bertz CT molecular complexity index is 970. The summed E-state index contributed by atoms with van der Waals surface area (Å²) < 4.78 is 6.32. The van der Waals surface area contributed by atoms with E-state index in [9.17, 15) is 4.79 Å². The number of ether oxygens (including phenoxy) is 1. The normalized spacial score (nSPS) is 10.4. The van der Waals surface area contributed by atoms with Gasteiger partial charge in [-0.05, 0) is 48.8 Å². The molecule has 3 aromatic rings. The summed E-state index contributed by atoms with van der Waals surface area (Å²) in [5.41, 5.74) is 1.26. The van der Waals surface area contributed by atoms with Crippen LogP contribution in [0.4, 0.5) is 5.69 Å². The molecule has 0 atom stereocenters. The number of hydrogen-bond donors (Lipinski definition) is 2. The van der Waals surface area contributed by atoms with Gasteiger partial charge in [0, 0.05) is 15.5 Å². The van der Waals surface area contributed by atoms with Gasteiger partial charge in [0.25, 0.3) is 5.91 Å². The molecule has 26 heavy (non-hydrogen) atoms. The van der Waals surface area contributed by atoms with Gasteiger partial charge in [0.15, 0.2) is 5.11 Å². The molecule has 0 aromatic heterocycles. The second-order valence-electron chi connectivity index (χ2n) is 5.51. The van der Waals surface area contributed by atoms with Crippen molar-refractivity contribution in [1.82, 2.24) is 5.32 Å². The molecule has 0 bridgehead atoms. The van der Waals surface area contributed by atoms with E-state index in [1.807, 2.05) is 55.5 Å². The maximum atomic E-state index is 12.6. The van der Waals surface area contributed by atoms with Crippen molar-refractivity contribution in [2.45, 2.75) is 6.92 Å². The molecule has 0 heterocycles. The molecule has 0 aliphatic heterocycles. The Morgan fingerprint density at radius 1 is 1.12 bits per heavy atom. The number of anilines is 1. The highest BCUT2D eigenvalue weighted by atomic mass is 79.9. The van der Waals surface area contributed by atoms with Crippen LogP contribution in [0.2, 0.25) is 0 Å². The predicted molar refractivity (Wildman–Crippen MR) is 113 cm³/mol. The first-order valence-corrected chi connectivity index (χ1v) is 9.31. The van der Waals surface area contributed by atoms with Crippen LogP contribution in [0.25, 0.3) is 10.8 Å². The Kier molecular flexibility index (Phi) is 5.85. The summed E-state index contributed by atoms with van der Waals surface area (Å²) >= 11 is 8.70. The van der Waals surface area contributed by atoms with Gasteiger partial charge in [-0.1, -0.05) is 52.3 Å². The topological polar surface area (TPSA) is 50.4 Å². The Hall–Kier alpha value is -2.44. The van der Waals surface area contributed by atoms with Crippen LogP contribution in [0, 0.1) is 0 Å². The molecule has 1 amide bonds. The van der Waals surface area contributed by atoms with Crippen LogP contribution in [-0.4, -0.2) is 17.6 Å². The van der Waals surface area contributed by atoms with Crippen molar-refractivity contribution in [1.29, 1.82) is 0 Å². The lowest BCUT2D eigenvalue weighted by Crippen LogP contribution is -2.34. The van der Waals surface area contributed by atoms with E-state index in [1.165, 1.54) is 0 Å². The molecular formula is C20H17BrN2O2S. The maximum absolute atomic E-state index is 12.6. The molecule has 0 radical (unpaired) electrons. The van der Waals surface area contributed by atoms with Crippen molar-refractivity contribution in [3.8, 4) is 5.75 Å². The van der Waals surface area contributed by atoms with Gasteiger partial charge in [-0.2, -0.15) is 0 Å². The van der Waals surface area contributed by atoms with Crippen molar-refractivity contribution >= 4 is 55.6 Å². The van der Waals surface area contributed by atoms with Crippen LogP contribution < -0.4 is 15.4 Å². The molecule has 0 spiro atoms. The van der Waals surface area contributed by atoms with Crippen molar-refractivity contribution in [2.24, 2.45) is 0 Å². The first-order chi connectivity index (χ1) is 12.6. The monoisotopic (exact) mass is 428 g/mol. The highest BCUT2D eigenvalue weighted by molar-refractivity contribution is 9.10. The molecule has 0 aliphatic carbocycles. The molecule has 0 fully saturated rings. The van der Waals surface area contributed by atoms with Crippen LogP contribution in [0.15, 0.2) is 65.1 Å². The second kappa shape index (κ2) is 8.29. The van der Waals surface area contributed by atoms with E-state index in [4.69, 9.17) is 17.0 Å². The minimum Gasteiger partial charge on any atom is -0.493 e. The fourth-order valence-electron chi connectivity index (χ4n) is 2.62. The molecule has 6 heteroatoms. The zero-order valence-corrected chi connectivity index (χ0v) is 16.5. The third-order valence-corrected chi connectivity index (χ3v) is 4.45. The number of benzene rings is 3. The van der Waals surface area contributed by atoms with E-state index in [0.717, 1.165) is 20.9 Å². The van der Waals surface area contributed by atoms with Crippen LogP contribution in [0.3, 0.4) is 0 Å². The third kappa shape index (κ3) is 4.20. The smallest absolute Gasteiger partial charge is 0.261 e. The Labute approximate surface area is 165 Å². The van der Waals surface area contributed by atoms with Gasteiger partial charge in [-0.15, -0.1) is 0 Å². The minimum atomic E-state index is -0.326. The standard InChI is InChI=1S/C20H17BrN2O2S/c1-2-25-18-11-10-14(21)12-16(18)19(24)23-20(26)22-17-9-5-7-13-6-3-4-8-15(13)17/h3-12H,2H2,1H3,(H2,22,23,24,26). The van der Waals surface area contributed by atoms with E-state index in [0.29, 0.717) is 17.9 Å². The second-order valence-corrected chi connectivity index (χ2v) is 6.83. The number of halogens is 1. The van der Waals surface area contributed by atoms with Gasteiger partial charge in [0.1, 0.15) is 5.75 Å². The quantitative estimate of drug-likeness (QED) is 0.565. The maximum Gasteiger partial charge on any atom is 0.261 e. The number of thiocarbonyl (C=S) groups is 1. The minimum absolute atomic E-state index is 0.230. The predicted octanol–water partition coefficient (Wildman–Crippen LogP) is 5.13. The fourth-order valence-corrected chi connectivity index (χ4v) is 3.18. The van der Waals surface area contributed by atoms with Crippen LogP contribution in [0.1, 0.15) is 17.3 Å². The molecule has 2 N–H and O–H groups in total. The first-order valence-electron chi connectivity index (χ1n) is 8.11. The number of hydrogen-bond acceptors (Lipinski definition) is 3. The summed E-state index contributed by atoms with van der Waals surface area (Å²) in [4.78, 5) is 12.6. The Morgan fingerprint density at radius 2 is 1.88 bits per heavy atom. The number of nitrogens with one attached hydrogen (secondary N) is 2. The van der Waals surface area contributed by atoms with Crippen molar-refractivity contribution < 1.29 is 9.53 Å². The van der Waals surface area contributed by atoms with Crippen molar-refractivity contribution in [2.75, 3.05) is 11.9 Å². The van der Waals surface area contributed by atoms with Crippen LogP contribution in [-0.2, 0) is 0 Å². The van der Waals surface area contributed by atoms with Gasteiger partial charge in [-0.25, -0.2) is 0 Å². The van der Waals surface area contributed by atoms with E-state index >= 15 is 0 Å². The van der Waals surface area contributed by atoms with Crippen molar-refractivity contribution in [3.63, 3.8) is 0 Å². The van der Waals surface area contributed by atoms with Gasteiger partial charge < -0.3 is 10.1 Å². The average Bonchev–Trinajstić information content (AvgIpc) is 2.63. The summed E-state index contributed by atoms with van der Waals surface area (Å²) in [6.07, 6.45) is 0. The summed E-state index contributed by atoms with van der Waals surface area (Å²) in [5, 5.41) is 8.17. The molecule has 3 rings (SSSR count). The molecule has 0 aliphatic rings. The summed E-state index contributed by atoms with van der Waals surface area (Å²) in [7, 11) is 0. The zero-order chi connectivity index (χ0) is 18.5.